The molecule has 0 amide bonds. The fourth-order valence-corrected chi connectivity index (χ4v) is 1.71. The molecule has 3 rings (SSSR count). The van der Waals surface area contributed by atoms with Crippen molar-refractivity contribution >= 4 is 28.2 Å². The van der Waals surface area contributed by atoms with Crippen molar-refractivity contribution < 1.29 is 0 Å². The summed E-state index contributed by atoms with van der Waals surface area (Å²) in [4.78, 5) is 11.4. The summed E-state index contributed by atoms with van der Waals surface area (Å²) in [7, 11) is 0. The van der Waals surface area contributed by atoms with Crippen LogP contribution in [0.15, 0.2) is 34.3 Å². The summed E-state index contributed by atoms with van der Waals surface area (Å²) in [5, 5.41) is 2.37. The standard InChI is InChI=1S/C9H5N3S/c13-9-11-7-5-3-1-2-4-6(5)10-8(7)12-9/h1-4H,(H,10,11,12,13). The first-order valence-corrected chi connectivity index (χ1v) is 4.33. The van der Waals surface area contributed by atoms with Gasteiger partial charge in [-0.25, -0.2) is 4.99 Å². The van der Waals surface area contributed by atoms with Gasteiger partial charge in [-0.1, -0.05) is 18.2 Å². The van der Waals surface area contributed by atoms with Crippen LogP contribution in [0, 0.1) is 0 Å². The molecule has 0 saturated heterocycles. The Morgan fingerprint density at radius 2 is 2.00 bits per heavy atom. The molecule has 13 heavy (non-hydrogen) atoms. The Morgan fingerprint density at radius 3 is 2.92 bits per heavy atom. The van der Waals surface area contributed by atoms with Gasteiger partial charge in [-0.15, -0.1) is 0 Å². The molecule has 2 aromatic rings. The molecule has 0 bridgehead atoms. The van der Waals surface area contributed by atoms with Crippen molar-refractivity contribution in [2.75, 3.05) is 0 Å². The molecule has 4 heteroatoms. The molecule has 0 radical (unpaired) electrons. The van der Waals surface area contributed by atoms with Crippen LogP contribution in [0.5, 0.6) is 0 Å². The number of aromatic nitrogens is 1. The second-order valence-corrected chi connectivity index (χ2v) is 3.24. The monoisotopic (exact) mass is 187 g/mol. The molecule has 62 valence electrons. The quantitative estimate of drug-likeness (QED) is 0.606. The van der Waals surface area contributed by atoms with Crippen LogP contribution in [-0.4, -0.2) is 10.1 Å². The van der Waals surface area contributed by atoms with Crippen LogP contribution in [0.4, 0.5) is 0 Å². The summed E-state index contributed by atoms with van der Waals surface area (Å²) in [5.41, 5.74) is 1.84. The third kappa shape index (κ3) is 0.860. The topological polar surface area (TPSA) is 40.5 Å². The van der Waals surface area contributed by atoms with Crippen LogP contribution >= 0.6 is 12.2 Å². The van der Waals surface area contributed by atoms with Gasteiger partial charge in [0.05, 0.1) is 0 Å². The van der Waals surface area contributed by atoms with E-state index in [0.717, 1.165) is 21.7 Å². The highest BCUT2D eigenvalue weighted by Crippen LogP contribution is 2.04. The van der Waals surface area contributed by atoms with Crippen LogP contribution in [0.3, 0.4) is 0 Å². The van der Waals surface area contributed by atoms with Gasteiger partial charge < -0.3 is 4.98 Å². The Hall–Kier alpha value is -1.55. The SMILES string of the molecule is S=C1N=c2[nH]c3ccccc3c2=N1. The Bertz CT molecular complexity index is 624. The van der Waals surface area contributed by atoms with Crippen molar-refractivity contribution in [2.45, 2.75) is 0 Å². The molecule has 0 fully saturated rings. The number of para-hydroxylation sites is 1. The number of fused-ring (bicyclic) bond motifs is 3. The van der Waals surface area contributed by atoms with E-state index in [2.05, 4.69) is 15.0 Å². The van der Waals surface area contributed by atoms with Crippen LogP contribution in [-0.2, 0) is 0 Å². The van der Waals surface area contributed by atoms with Crippen molar-refractivity contribution in [3.05, 3.63) is 35.1 Å². The van der Waals surface area contributed by atoms with E-state index in [1.165, 1.54) is 0 Å². The molecule has 1 aromatic carbocycles. The molecule has 0 spiro atoms. The van der Waals surface area contributed by atoms with Crippen molar-refractivity contribution in [1.82, 2.24) is 4.98 Å². The number of nitrogens with zero attached hydrogens (tertiary/aromatic N) is 2. The second-order valence-electron chi connectivity index (χ2n) is 2.87. The minimum absolute atomic E-state index is 0.409. The number of rotatable bonds is 0. The van der Waals surface area contributed by atoms with Gasteiger partial charge in [0.1, 0.15) is 5.36 Å². The highest BCUT2D eigenvalue weighted by Gasteiger charge is 2.07. The predicted octanol–water partition coefficient (Wildman–Crippen LogP) is 0.706. The number of hydrogen-bond donors (Lipinski definition) is 1. The number of aromatic amines is 1. The summed E-state index contributed by atoms with van der Waals surface area (Å²) >= 11 is 4.89. The molecule has 2 heterocycles. The van der Waals surface area contributed by atoms with Gasteiger partial charge in [0, 0.05) is 10.9 Å². The maximum atomic E-state index is 4.89. The van der Waals surface area contributed by atoms with E-state index >= 15 is 0 Å². The van der Waals surface area contributed by atoms with Crippen LogP contribution in [0.25, 0.3) is 10.9 Å². The first-order valence-electron chi connectivity index (χ1n) is 3.93. The lowest BCUT2D eigenvalue weighted by molar-refractivity contribution is 1.25. The lowest BCUT2D eigenvalue weighted by Gasteiger charge is -1.85. The van der Waals surface area contributed by atoms with E-state index in [-0.39, 0.29) is 0 Å². The number of nitrogens with one attached hydrogen (secondary N) is 1. The van der Waals surface area contributed by atoms with Crippen LogP contribution < -0.4 is 10.8 Å². The fraction of sp³-hybridized carbons (Fsp3) is 0. The largest absolute Gasteiger partial charge is 0.338 e. The zero-order chi connectivity index (χ0) is 8.84. The predicted molar refractivity (Wildman–Crippen MR) is 53.2 cm³/mol. The molecular formula is C9H5N3S. The summed E-state index contributed by atoms with van der Waals surface area (Å²) < 4.78 is 0. The van der Waals surface area contributed by atoms with Gasteiger partial charge in [-0.05, 0) is 18.3 Å². The highest BCUT2D eigenvalue weighted by molar-refractivity contribution is 7.80. The maximum absolute atomic E-state index is 4.89. The molecule has 1 aliphatic heterocycles. The summed E-state index contributed by atoms with van der Waals surface area (Å²) in [5.74, 6) is 0. The van der Waals surface area contributed by atoms with Gasteiger partial charge in [-0.3, -0.25) is 0 Å². The average Bonchev–Trinajstić information content (AvgIpc) is 2.60. The van der Waals surface area contributed by atoms with E-state index in [0.29, 0.717) is 5.11 Å². The van der Waals surface area contributed by atoms with E-state index in [9.17, 15) is 0 Å². The third-order valence-electron chi connectivity index (χ3n) is 2.07. The average molecular weight is 187 g/mol. The Labute approximate surface area is 78.8 Å². The third-order valence-corrected chi connectivity index (χ3v) is 2.26. The van der Waals surface area contributed by atoms with Gasteiger partial charge in [0.2, 0.25) is 5.11 Å². The first kappa shape index (κ1) is 6.91. The Morgan fingerprint density at radius 1 is 1.15 bits per heavy atom. The fourth-order valence-electron chi connectivity index (χ4n) is 1.52. The van der Waals surface area contributed by atoms with Crippen molar-refractivity contribution in [3.63, 3.8) is 0 Å². The Kier molecular flexibility index (Phi) is 1.19. The summed E-state index contributed by atoms with van der Waals surface area (Å²) in [6.07, 6.45) is 0. The van der Waals surface area contributed by atoms with E-state index in [1.54, 1.807) is 0 Å². The molecule has 0 saturated carbocycles. The molecule has 0 atom stereocenters. The molecule has 1 aromatic heterocycles. The van der Waals surface area contributed by atoms with E-state index < -0.39 is 0 Å². The number of benzene rings is 1. The van der Waals surface area contributed by atoms with Crippen LogP contribution in [0.2, 0.25) is 0 Å². The highest BCUT2D eigenvalue weighted by atomic mass is 32.1. The van der Waals surface area contributed by atoms with Crippen LogP contribution in [0.1, 0.15) is 0 Å². The zero-order valence-corrected chi connectivity index (χ0v) is 7.43. The Balaban J connectivity index is 2.66. The number of H-pyrrole nitrogens is 1. The smallest absolute Gasteiger partial charge is 0.221 e. The normalized spacial score (nSPS) is 14.0. The molecular weight excluding hydrogens is 182 g/mol. The van der Waals surface area contributed by atoms with E-state index in [1.807, 2.05) is 24.3 Å². The van der Waals surface area contributed by atoms with Gasteiger partial charge in [-0.2, -0.15) is 4.99 Å². The molecule has 0 aliphatic carbocycles. The van der Waals surface area contributed by atoms with Gasteiger partial charge in [0.25, 0.3) is 0 Å². The number of hydrogen-bond acceptors (Lipinski definition) is 1. The van der Waals surface area contributed by atoms with Gasteiger partial charge in [0.15, 0.2) is 5.49 Å². The zero-order valence-electron chi connectivity index (χ0n) is 6.61. The lowest BCUT2D eigenvalue weighted by atomic mass is 10.2. The van der Waals surface area contributed by atoms with Crippen molar-refractivity contribution in [3.8, 4) is 0 Å². The minimum Gasteiger partial charge on any atom is -0.338 e. The minimum atomic E-state index is 0.409. The first-order chi connectivity index (χ1) is 6.34. The summed E-state index contributed by atoms with van der Waals surface area (Å²) in [6, 6.07) is 7.97. The second kappa shape index (κ2) is 2.23. The van der Waals surface area contributed by atoms with E-state index in [4.69, 9.17) is 12.2 Å². The molecule has 3 nitrogen and oxygen atoms in total. The number of thiocarbonyl (C=S) groups is 1. The molecule has 1 aliphatic rings. The maximum Gasteiger partial charge on any atom is 0.221 e. The lowest BCUT2D eigenvalue weighted by Crippen LogP contribution is -2.18. The molecule has 0 unspecified atom stereocenters. The van der Waals surface area contributed by atoms with Crippen molar-refractivity contribution in [1.29, 1.82) is 0 Å². The van der Waals surface area contributed by atoms with Crippen molar-refractivity contribution in [2.24, 2.45) is 9.98 Å². The summed E-state index contributed by atoms with van der Waals surface area (Å²) in [6.45, 7) is 0. The molecule has 1 N–H and O–H groups in total. The van der Waals surface area contributed by atoms with Gasteiger partial charge >= 0.3 is 0 Å².